The van der Waals surface area contributed by atoms with Crippen molar-refractivity contribution in [1.82, 2.24) is 0 Å². The predicted octanol–water partition coefficient (Wildman–Crippen LogP) is -0.0304. The van der Waals surface area contributed by atoms with Gasteiger partial charge in [-0.15, -0.1) is 0 Å². The Bertz CT molecular complexity index is 361. The Morgan fingerprint density at radius 1 is 1.86 bits per heavy atom. The standard InChI is InChI=1S/C7H9N3O3S/c1-2-13-10-5(6(11)12)4-3-14-7(8)9-4/h3H,2H2,1H3,(H2,8,9)(H,11,12)/p+1/b10-5-. The van der Waals surface area contributed by atoms with Crippen LogP contribution in [0.5, 0.6) is 0 Å². The van der Waals surface area contributed by atoms with Crippen LogP contribution in [-0.2, 0) is 9.63 Å². The number of nitrogens with two attached hydrogens (primary N) is 1. The topological polar surface area (TPSA) is 99.0 Å². The molecule has 0 aliphatic carbocycles. The second kappa shape index (κ2) is 4.56. The number of nitrogen functional groups attached to an aromatic ring is 1. The molecule has 1 aromatic heterocycles. The molecule has 6 nitrogen and oxygen atoms in total. The number of thiazole rings is 1. The van der Waals surface area contributed by atoms with Gasteiger partial charge in [0.2, 0.25) is 5.71 Å². The van der Waals surface area contributed by atoms with Crippen LogP contribution in [0.2, 0.25) is 0 Å². The summed E-state index contributed by atoms with van der Waals surface area (Å²) in [5.41, 5.74) is 5.58. The maximum Gasteiger partial charge on any atom is 0.362 e. The molecule has 1 heterocycles. The molecule has 0 bridgehead atoms. The lowest BCUT2D eigenvalue weighted by Gasteiger charge is -1.95. The molecule has 0 amide bonds. The number of rotatable bonds is 4. The van der Waals surface area contributed by atoms with E-state index in [0.717, 1.165) is 0 Å². The van der Waals surface area contributed by atoms with Crippen molar-refractivity contribution < 1.29 is 19.7 Å². The summed E-state index contributed by atoms with van der Waals surface area (Å²) in [6, 6.07) is 0. The van der Waals surface area contributed by atoms with Gasteiger partial charge in [0.1, 0.15) is 6.61 Å². The normalized spacial score (nSPS) is 11.4. The van der Waals surface area contributed by atoms with Gasteiger partial charge >= 0.3 is 11.1 Å². The highest BCUT2D eigenvalue weighted by Gasteiger charge is 2.19. The molecule has 14 heavy (non-hydrogen) atoms. The minimum Gasteiger partial charge on any atom is -0.476 e. The van der Waals surface area contributed by atoms with Crippen LogP contribution in [0.1, 0.15) is 12.6 Å². The lowest BCUT2D eigenvalue weighted by Crippen LogP contribution is -2.23. The summed E-state index contributed by atoms with van der Waals surface area (Å²) < 4.78 is 0. The van der Waals surface area contributed by atoms with E-state index in [0.29, 0.717) is 17.4 Å². The minimum atomic E-state index is -1.16. The highest BCUT2D eigenvalue weighted by molar-refractivity contribution is 7.13. The van der Waals surface area contributed by atoms with Crippen LogP contribution in [0.3, 0.4) is 0 Å². The number of hydrogen-bond donors (Lipinski definition) is 2. The molecule has 0 aliphatic heterocycles. The van der Waals surface area contributed by atoms with Crippen LogP contribution >= 0.6 is 11.3 Å². The first-order chi connectivity index (χ1) is 6.65. The molecule has 1 rings (SSSR count). The van der Waals surface area contributed by atoms with Crippen LogP contribution in [0.15, 0.2) is 10.5 Å². The van der Waals surface area contributed by atoms with Crippen LogP contribution in [-0.4, -0.2) is 23.4 Å². The van der Waals surface area contributed by atoms with E-state index in [4.69, 9.17) is 10.8 Å². The lowest BCUT2D eigenvalue weighted by molar-refractivity contribution is -0.356. The summed E-state index contributed by atoms with van der Waals surface area (Å²) in [5, 5.41) is 14.3. The monoisotopic (exact) mass is 216 g/mol. The molecule has 0 aromatic carbocycles. The van der Waals surface area contributed by atoms with Gasteiger partial charge < -0.3 is 9.94 Å². The van der Waals surface area contributed by atoms with Gasteiger partial charge in [-0.2, -0.15) is 0 Å². The maximum atomic E-state index is 10.7. The summed E-state index contributed by atoms with van der Waals surface area (Å²) in [6.07, 6.45) is 0. The number of carbonyl (C=O) groups is 1. The van der Waals surface area contributed by atoms with Gasteiger partial charge in [0.15, 0.2) is 5.69 Å². The zero-order chi connectivity index (χ0) is 10.6. The van der Waals surface area contributed by atoms with E-state index in [-0.39, 0.29) is 5.71 Å². The number of hydrogen-bond acceptors (Lipinski definition) is 5. The number of H-pyrrole nitrogens is 1. The maximum absolute atomic E-state index is 10.7. The molecule has 0 saturated carbocycles. The van der Waals surface area contributed by atoms with E-state index in [1.165, 1.54) is 11.3 Å². The Morgan fingerprint density at radius 3 is 3.00 bits per heavy atom. The van der Waals surface area contributed by atoms with Gasteiger partial charge in [0.05, 0.1) is 0 Å². The molecule has 0 spiro atoms. The van der Waals surface area contributed by atoms with Gasteiger partial charge in [-0.1, -0.05) is 16.5 Å². The van der Waals surface area contributed by atoms with E-state index in [1.54, 1.807) is 12.3 Å². The molecule has 0 radical (unpaired) electrons. The largest absolute Gasteiger partial charge is 0.476 e. The fraction of sp³-hybridized carbons (Fsp3) is 0.286. The van der Waals surface area contributed by atoms with E-state index in [1.807, 2.05) is 0 Å². The molecule has 7 heteroatoms. The zero-order valence-corrected chi connectivity index (χ0v) is 8.30. The molecule has 1 aromatic rings. The smallest absolute Gasteiger partial charge is 0.362 e. The number of aromatic amines is 1. The second-order valence-corrected chi connectivity index (χ2v) is 3.21. The molecule has 0 unspecified atom stereocenters. The Kier molecular flexibility index (Phi) is 3.41. The fourth-order valence-electron chi connectivity index (χ4n) is 0.762. The van der Waals surface area contributed by atoms with Crippen molar-refractivity contribution >= 4 is 28.1 Å². The quantitative estimate of drug-likeness (QED) is 0.545. The molecule has 76 valence electrons. The van der Waals surface area contributed by atoms with Gasteiger partial charge in [-0.25, -0.2) is 9.78 Å². The summed E-state index contributed by atoms with van der Waals surface area (Å²) >= 11 is 1.21. The molecule has 0 aliphatic rings. The van der Waals surface area contributed by atoms with Crippen LogP contribution in [0.25, 0.3) is 0 Å². The Hall–Kier alpha value is -1.63. The Labute approximate surface area is 84.0 Å². The zero-order valence-electron chi connectivity index (χ0n) is 7.48. The minimum absolute atomic E-state index is 0.181. The van der Waals surface area contributed by atoms with E-state index in [9.17, 15) is 4.79 Å². The number of carboxylic acid groups (broad SMARTS) is 1. The van der Waals surface area contributed by atoms with E-state index >= 15 is 0 Å². The number of aromatic nitrogens is 1. The van der Waals surface area contributed by atoms with Crippen molar-refractivity contribution in [2.75, 3.05) is 12.3 Å². The molecular weight excluding hydrogens is 206 g/mol. The van der Waals surface area contributed by atoms with Gasteiger partial charge in [-0.3, -0.25) is 5.73 Å². The number of nitrogens with one attached hydrogen (secondary N) is 1. The average Bonchev–Trinajstić information content (AvgIpc) is 2.52. The summed E-state index contributed by atoms with van der Waals surface area (Å²) in [6.45, 7) is 2.03. The fourth-order valence-corrected chi connectivity index (χ4v) is 1.35. The first kappa shape index (κ1) is 10.5. The number of carboxylic acids is 1. The van der Waals surface area contributed by atoms with E-state index < -0.39 is 5.97 Å². The number of aliphatic carboxylic acids is 1. The summed E-state index contributed by atoms with van der Waals surface area (Å²) in [7, 11) is 0. The van der Waals surface area contributed by atoms with Gasteiger partial charge in [0.25, 0.3) is 0 Å². The van der Waals surface area contributed by atoms with E-state index in [2.05, 4.69) is 15.0 Å². The average molecular weight is 216 g/mol. The van der Waals surface area contributed by atoms with Crippen LogP contribution in [0, 0.1) is 0 Å². The highest BCUT2D eigenvalue weighted by atomic mass is 32.1. The number of oxime groups is 1. The van der Waals surface area contributed by atoms with Gasteiger partial charge in [0, 0.05) is 5.38 Å². The van der Waals surface area contributed by atoms with Crippen molar-refractivity contribution in [1.29, 1.82) is 0 Å². The van der Waals surface area contributed by atoms with Crippen molar-refractivity contribution in [3.8, 4) is 0 Å². The highest BCUT2D eigenvalue weighted by Crippen LogP contribution is 2.07. The van der Waals surface area contributed by atoms with Crippen molar-refractivity contribution in [2.45, 2.75) is 6.92 Å². The number of nitrogens with zero attached hydrogens (tertiary/aromatic N) is 1. The summed E-state index contributed by atoms with van der Waals surface area (Å²) in [4.78, 5) is 18.1. The predicted molar refractivity (Wildman–Crippen MR) is 51.1 cm³/mol. The van der Waals surface area contributed by atoms with Crippen molar-refractivity contribution in [3.63, 3.8) is 0 Å². The third-order valence-corrected chi connectivity index (χ3v) is 2.01. The molecular formula is C7H10N3O3S+. The first-order valence-electron chi connectivity index (χ1n) is 3.85. The van der Waals surface area contributed by atoms with Crippen LogP contribution in [0.4, 0.5) is 5.13 Å². The SMILES string of the molecule is CCO/N=C(\C(=O)O)c1csc(N)[nH+]1. The van der Waals surface area contributed by atoms with Crippen molar-refractivity contribution in [3.05, 3.63) is 11.1 Å². The molecule has 0 saturated heterocycles. The number of anilines is 1. The summed E-state index contributed by atoms with van der Waals surface area (Å²) in [5.74, 6) is -1.16. The van der Waals surface area contributed by atoms with Crippen molar-refractivity contribution in [2.24, 2.45) is 5.16 Å². The van der Waals surface area contributed by atoms with Crippen LogP contribution < -0.4 is 10.7 Å². The third-order valence-electron chi connectivity index (χ3n) is 1.30. The third kappa shape index (κ3) is 2.43. The second-order valence-electron chi connectivity index (χ2n) is 2.30. The van der Waals surface area contributed by atoms with Gasteiger partial charge in [-0.05, 0) is 6.92 Å². The molecule has 0 fully saturated rings. The molecule has 0 atom stereocenters. The lowest BCUT2D eigenvalue weighted by atomic mass is 10.3. The molecule has 4 N–H and O–H groups in total. The Balaban J connectivity index is 2.94. The first-order valence-corrected chi connectivity index (χ1v) is 4.73. The Morgan fingerprint density at radius 2 is 2.57 bits per heavy atom.